The smallest absolute Gasteiger partial charge is 0.184 e. The van der Waals surface area contributed by atoms with E-state index in [0.717, 1.165) is 24.1 Å². The van der Waals surface area contributed by atoms with E-state index in [4.69, 9.17) is 0 Å². The summed E-state index contributed by atoms with van der Waals surface area (Å²) in [6.07, 6.45) is 8.28. The molecule has 0 spiro atoms. The molecule has 1 fully saturated rings. The van der Waals surface area contributed by atoms with E-state index in [0.29, 0.717) is 6.04 Å². The Bertz CT molecular complexity index is 410. The normalized spacial score (nSPS) is 16.2. The standard InChI is InChI=1S/C15H18N2/c1-13(14-8-4-2-5-9-14)17(12-16)15-10-6-3-7-11-15/h2,4-5,8-9,15H,1,3,6-7,10-11H2. The van der Waals surface area contributed by atoms with Crippen LogP contribution in [0.15, 0.2) is 36.9 Å². The third kappa shape index (κ3) is 2.68. The van der Waals surface area contributed by atoms with E-state index >= 15 is 0 Å². The first kappa shape index (κ1) is 11.7. The summed E-state index contributed by atoms with van der Waals surface area (Å²) in [5, 5.41) is 9.33. The van der Waals surface area contributed by atoms with Gasteiger partial charge in [0, 0.05) is 6.04 Å². The van der Waals surface area contributed by atoms with E-state index in [-0.39, 0.29) is 0 Å². The summed E-state index contributed by atoms with van der Waals surface area (Å²) in [5.74, 6) is 0. The van der Waals surface area contributed by atoms with Crippen molar-refractivity contribution in [1.82, 2.24) is 4.90 Å². The molecule has 1 aromatic carbocycles. The number of nitriles is 1. The first-order valence-corrected chi connectivity index (χ1v) is 6.26. The molecule has 0 unspecified atom stereocenters. The van der Waals surface area contributed by atoms with Crippen molar-refractivity contribution in [3.63, 3.8) is 0 Å². The minimum atomic E-state index is 0.349. The second-order valence-electron chi connectivity index (χ2n) is 4.57. The number of hydrogen-bond donors (Lipinski definition) is 0. The van der Waals surface area contributed by atoms with Gasteiger partial charge in [0.25, 0.3) is 0 Å². The monoisotopic (exact) mass is 226 g/mol. The third-order valence-corrected chi connectivity index (χ3v) is 3.45. The van der Waals surface area contributed by atoms with Crippen molar-refractivity contribution in [2.75, 3.05) is 0 Å². The molecule has 0 saturated heterocycles. The Morgan fingerprint density at radius 1 is 1.18 bits per heavy atom. The fourth-order valence-electron chi connectivity index (χ4n) is 2.47. The minimum absolute atomic E-state index is 0.349. The molecule has 0 radical (unpaired) electrons. The molecule has 1 aliphatic rings. The van der Waals surface area contributed by atoms with Gasteiger partial charge in [0.05, 0.1) is 5.70 Å². The fraction of sp³-hybridized carbons (Fsp3) is 0.400. The lowest BCUT2D eigenvalue weighted by atomic mass is 9.93. The average Bonchev–Trinajstić information content (AvgIpc) is 2.42. The van der Waals surface area contributed by atoms with E-state index in [1.165, 1.54) is 19.3 Å². The first-order valence-electron chi connectivity index (χ1n) is 6.26. The Kier molecular flexibility index (Phi) is 3.82. The zero-order chi connectivity index (χ0) is 12.1. The van der Waals surface area contributed by atoms with E-state index in [9.17, 15) is 5.26 Å². The van der Waals surface area contributed by atoms with Gasteiger partial charge in [-0.05, 0) is 18.4 Å². The van der Waals surface area contributed by atoms with Crippen LogP contribution in [0.5, 0.6) is 0 Å². The lowest BCUT2D eigenvalue weighted by Crippen LogP contribution is -2.31. The topological polar surface area (TPSA) is 27.0 Å². The maximum Gasteiger partial charge on any atom is 0.184 e. The molecule has 0 amide bonds. The molecule has 2 rings (SSSR count). The van der Waals surface area contributed by atoms with Gasteiger partial charge < -0.3 is 0 Å². The highest BCUT2D eigenvalue weighted by Gasteiger charge is 2.22. The molecule has 1 saturated carbocycles. The summed E-state index contributed by atoms with van der Waals surface area (Å²) in [5.41, 5.74) is 1.87. The summed E-state index contributed by atoms with van der Waals surface area (Å²) in [6, 6.07) is 10.3. The van der Waals surface area contributed by atoms with Crippen molar-refractivity contribution in [3.8, 4) is 6.19 Å². The van der Waals surface area contributed by atoms with Gasteiger partial charge in [-0.25, -0.2) is 0 Å². The van der Waals surface area contributed by atoms with Crippen molar-refractivity contribution >= 4 is 5.70 Å². The maximum absolute atomic E-state index is 9.33. The minimum Gasteiger partial charge on any atom is -0.276 e. The molecule has 0 aromatic heterocycles. The van der Waals surface area contributed by atoms with Crippen LogP contribution in [0.25, 0.3) is 5.70 Å². The number of nitrogens with zero attached hydrogens (tertiary/aromatic N) is 2. The second kappa shape index (κ2) is 5.54. The average molecular weight is 226 g/mol. The summed E-state index contributed by atoms with van der Waals surface area (Å²) >= 11 is 0. The molecule has 0 aliphatic heterocycles. The molecule has 88 valence electrons. The zero-order valence-corrected chi connectivity index (χ0v) is 10.1. The predicted molar refractivity (Wildman–Crippen MR) is 69.8 cm³/mol. The SMILES string of the molecule is C=C(c1ccccc1)N(C#N)C1CCCCC1. The number of rotatable bonds is 3. The molecule has 0 atom stereocenters. The van der Waals surface area contributed by atoms with Crippen molar-refractivity contribution in [2.45, 2.75) is 38.1 Å². The van der Waals surface area contributed by atoms with Crippen LogP contribution in [0.2, 0.25) is 0 Å². The Hall–Kier alpha value is -1.75. The highest BCUT2D eigenvalue weighted by atomic mass is 15.2. The van der Waals surface area contributed by atoms with E-state index in [1.54, 1.807) is 4.90 Å². The molecular weight excluding hydrogens is 208 g/mol. The van der Waals surface area contributed by atoms with Gasteiger partial charge in [0.2, 0.25) is 0 Å². The van der Waals surface area contributed by atoms with Crippen LogP contribution in [-0.4, -0.2) is 10.9 Å². The molecule has 0 heterocycles. The van der Waals surface area contributed by atoms with Gasteiger partial charge in [0.15, 0.2) is 6.19 Å². The van der Waals surface area contributed by atoms with Crippen LogP contribution in [0.4, 0.5) is 0 Å². The third-order valence-electron chi connectivity index (χ3n) is 3.45. The summed E-state index contributed by atoms with van der Waals surface area (Å²) in [4.78, 5) is 1.80. The van der Waals surface area contributed by atoms with E-state index in [2.05, 4.69) is 12.8 Å². The van der Waals surface area contributed by atoms with Gasteiger partial charge in [-0.1, -0.05) is 56.2 Å². The molecule has 17 heavy (non-hydrogen) atoms. The van der Waals surface area contributed by atoms with Gasteiger partial charge in [-0.15, -0.1) is 0 Å². The highest BCUT2D eigenvalue weighted by molar-refractivity contribution is 5.63. The molecule has 0 bridgehead atoms. The number of hydrogen-bond acceptors (Lipinski definition) is 2. The predicted octanol–water partition coefficient (Wildman–Crippen LogP) is 3.77. The molecule has 0 N–H and O–H groups in total. The molecule has 1 aromatic rings. The van der Waals surface area contributed by atoms with Crippen molar-refractivity contribution < 1.29 is 0 Å². The summed E-state index contributed by atoms with van der Waals surface area (Å²) < 4.78 is 0. The second-order valence-corrected chi connectivity index (χ2v) is 4.57. The van der Waals surface area contributed by atoms with Crippen molar-refractivity contribution in [2.24, 2.45) is 0 Å². The molecule has 2 nitrogen and oxygen atoms in total. The van der Waals surface area contributed by atoms with Gasteiger partial charge in [-0.3, -0.25) is 4.90 Å². The number of benzene rings is 1. The first-order chi connectivity index (χ1) is 8.33. The summed E-state index contributed by atoms with van der Waals surface area (Å²) in [7, 11) is 0. The Morgan fingerprint density at radius 2 is 1.82 bits per heavy atom. The molecular formula is C15H18N2. The Labute approximate surface area is 103 Å². The lowest BCUT2D eigenvalue weighted by Gasteiger charge is -2.31. The molecule has 2 heteroatoms. The van der Waals surface area contributed by atoms with Gasteiger partial charge >= 0.3 is 0 Å². The Morgan fingerprint density at radius 3 is 2.41 bits per heavy atom. The Balaban J connectivity index is 2.13. The van der Waals surface area contributed by atoms with Crippen LogP contribution in [-0.2, 0) is 0 Å². The van der Waals surface area contributed by atoms with Crippen molar-refractivity contribution in [1.29, 1.82) is 5.26 Å². The van der Waals surface area contributed by atoms with Gasteiger partial charge in [0.1, 0.15) is 0 Å². The fourth-order valence-corrected chi connectivity index (χ4v) is 2.47. The largest absolute Gasteiger partial charge is 0.276 e. The van der Waals surface area contributed by atoms with E-state index in [1.807, 2.05) is 30.3 Å². The van der Waals surface area contributed by atoms with E-state index < -0.39 is 0 Å². The zero-order valence-electron chi connectivity index (χ0n) is 10.1. The maximum atomic E-state index is 9.33. The van der Waals surface area contributed by atoms with Crippen LogP contribution < -0.4 is 0 Å². The van der Waals surface area contributed by atoms with Crippen LogP contribution in [0.1, 0.15) is 37.7 Å². The molecule has 1 aliphatic carbocycles. The van der Waals surface area contributed by atoms with Crippen LogP contribution >= 0.6 is 0 Å². The van der Waals surface area contributed by atoms with Crippen LogP contribution in [0, 0.1) is 11.5 Å². The van der Waals surface area contributed by atoms with Crippen LogP contribution in [0.3, 0.4) is 0 Å². The van der Waals surface area contributed by atoms with Crippen molar-refractivity contribution in [3.05, 3.63) is 42.5 Å². The lowest BCUT2D eigenvalue weighted by molar-refractivity contribution is 0.298. The van der Waals surface area contributed by atoms with Gasteiger partial charge in [-0.2, -0.15) is 5.26 Å². The highest BCUT2D eigenvalue weighted by Crippen LogP contribution is 2.27. The quantitative estimate of drug-likeness (QED) is 0.579. The summed E-state index contributed by atoms with van der Waals surface area (Å²) in [6.45, 7) is 4.07.